The lowest BCUT2D eigenvalue weighted by Gasteiger charge is -2.26. The number of aliphatic hydroxyl groups is 1. The summed E-state index contributed by atoms with van der Waals surface area (Å²) in [4.78, 5) is 2.19. The van der Waals surface area contributed by atoms with Crippen molar-refractivity contribution in [2.75, 3.05) is 27.2 Å². The zero-order valence-electron chi connectivity index (χ0n) is 14.0. The Labute approximate surface area is 130 Å². The second-order valence-corrected chi connectivity index (χ2v) is 6.54. The molecule has 0 amide bonds. The largest absolute Gasteiger partial charge is 0.387 e. The van der Waals surface area contributed by atoms with E-state index in [2.05, 4.69) is 38.2 Å². The Morgan fingerprint density at radius 1 is 1.10 bits per heavy atom. The van der Waals surface area contributed by atoms with Gasteiger partial charge in [0.2, 0.25) is 0 Å². The van der Waals surface area contributed by atoms with Crippen molar-refractivity contribution in [3.05, 3.63) is 35.9 Å². The molecule has 0 spiro atoms. The highest BCUT2D eigenvalue weighted by atomic mass is 16.3. The molecule has 21 heavy (non-hydrogen) atoms. The minimum absolute atomic E-state index is 0.136. The van der Waals surface area contributed by atoms with Crippen LogP contribution in [0.4, 0.5) is 0 Å². The average Bonchev–Trinajstić information content (AvgIpc) is 2.46. The number of aliphatic hydroxyl groups excluding tert-OH is 1. The van der Waals surface area contributed by atoms with Crippen LogP contribution in [0.5, 0.6) is 0 Å². The molecule has 2 unspecified atom stereocenters. The summed E-state index contributed by atoms with van der Waals surface area (Å²) in [7, 11) is 4.18. The third-order valence-corrected chi connectivity index (χ3v) is 3.77. The first-order valence-corrected chi connectivity index (χ1v) is 8.11. The van der Waals surface area contributed by atoms with E-state index in [-0.39, 0.29) is 6.04 Å². The molecule has 1 aromatic carbocycles. The molecular weight excluding hydrogens is 260 g/mol. The van der Waals surface area contributed by atoms with E-state index in [1.54, 1.807) is 0 Å². The van der Waals surface area contributed by atoms with Crippen LogP contribution < -0.4 is 5.32 Å². The number of benzene rings is 1. The summed E-state index contributed by atoms with van der Waals surface area (Å²) in [5, 5.41) is 14.2. The van der Waals surface area contributed by atoms with Gasteiger partial charge < -0.3 is 15.3 Å². The summed E-state index contributed by atoms with van der Waals surface area (Å²) in [5.74, 6) is 0.666. The van der Waals surface area contributed by atoms with E-state index in [4.69, 9.17) is 0 Å². The van der Waals surface area contributed by atoms with Crippen molar-refractivity contribution in [3.63, 3.8) is 0 Å². The Hall–Kier alpha value is -0.900. The minimum atomic E-state index is -0.427. The molecule has 3 nitrogen and oxygen atoms in total. The molecule has 0 heterocycles. The highest BCUT2D eigenvalue weighted by Gasteiger charge is 2.20. The van der Waals surface area contributed by atoms with E-state index >= 15 is 0 Å². The quantitative estimate of drug-likeness (QED) is 0.651. The van der Waals surface area contributed by atoms with Gasteiger partial charge in [-0.25, -0.2) is 0 Å². The summed E-state index contributed by atoms with van der Waals surface area (Å²) in [6.45, 7) is 6.49. The van der Waals surface area contributed by atoms with Crippen LogP contribution in [0, 0.1) is 5.92 Å². The number of hydrogen-bond donors (Lipinski definition) is 2. The molecule has 0 aliphatic carbocycles. The molecule has 0 aliphatic rings. The maximum atomic E-state index is 10.6. The normalized spacial score (nSPS) is 14.6. The average molecular weight is 292 g/mol. The van der Waals surface area contributed by atoms with Crippen molar-refractivity contribution in [2.45, 2.75) is 45.3 Å². The summed E-state index contributed by atoms with van der Waals surface area (Å²) < 4.78 is 0. The van der Waals surface area contributed by atoms with Crippen molar-refractivity contribution in [3.8, 4) is 0 Å². The lowest BCUT2D eigenvalue weighted by atomic mass is 9.95. The van der Waals surface area contributed by atoms with Crippen LogP contribution in [0.25, 0.3) is 0 Å². The van der Waals surface area contributed by atoms with Gasteiger partial charge in [-0.05, 0) is 57.9 Å². The smallest absolute Gasteiger partial charge is 0.0942 e. The minimum Gasteiger partial charge on any atom is -0.387 e. The monoisotopic (exact) mass is 292 g/mol. The van der Waals surface area contributed by atoms with Gasteiger partial charge in [-0.1, -0.05) is 44.2 Å². The highest BCUT2D eigenvalue weighted by Crippen LogP contribution is 2.21. The molecule has 0 saturated heterocycles. The SMILES string of the molecule is CC(C)CCC(NCCCN(C)C)C(O)c1ccccc1. The predicted octanol–water partition coefficient (Wildman–Crippen LogP) is 3.07. The van der Waals surface area contributed by atoms with Crippen molar-refractivity contribution in [2.24, 2.45) is 5.92 Å². The predicted molar refractivity (Wildman–Crippen MR) is 90.4 cm³/mol. The molecule has 2 atom stereocenters. The van der Waals surface area contributed by atoms with Gasteiger partial charge in [-0.2, -0.15) is 0 Å². The fourth-order valence-electron chi connectivity index (χ4n) is 2.45. The summed E-state index contributed by atoms with van der Waals surface area (Å²) in [5.41, 5.74) is 1.01. The van der Waals surface area contributed by atoms with Crippen LogP contribution in [0.3, 0.4) is 0 Å². The first-order chi connectivity index (χ1) is 10.0. The molecule has 1 aromatic rings. The lowest BCUT2D eigenvalue weighted by molar-refractivity contribution is 0.120. The summed E-state index contributed by atoms with van der Waals surface area (Å²) >= 11 is 0. The number of rotatable bonds is 10. The Morgan fingerprint density at radius 2 is 1.76 bits per heavy atom. The second kappa shape index (κ2) is 9.93. The topological polar surface area (TPSA) is 35.5 Å². The van der Waals surface area contributed by atoms with E-state index < -0.39 is 6.10 Å². The molecular formula is C18H32N2O. The van der Waals surface area contributed by atoms with Gasteiger partial charge >= 0.3 is 0 Å². The van der Waals surface area contributed by atoms with Crippen LogP contribution in [0.15, 0.2) is 30.3 Å². The number of hydrogen-bond acceptors (Lipinski definition) is 3. The maximum absolute atomic E-state index is 10.6. The van der Waals surface area contributed by atoms with E-state index in [9.17, 15) is 5.11 Å². The first kappa shape index (κ1) is 18.1. The molecule has 0 aliphatic heterocycles. The van der Waals surface area contributed by atoms with Crippen LogP contribution in [0.2, 0.25) is 0 Å². The lowest BCUT2D eigenvalue weighted by Crippen LogP contribution is -2.36. The zero-order chi connectivity index (χ0) is 15.7. The third-order valence-electron chi connectivity index (χ3n) is 3.77. The van der Waals surface area contributed by atoms with Gasteiger partial charge in [0.25, 0.3) is 0 Å². The highest BCUT2D eigenvalue weighted by molar-refractivity contribution is 5.18. The van der Waals surface area contributed by atoms with Gasteiger partial charge in [0.1, 0.15) is 0 Å². The van der Waals surface area contributed by atoms with Crippen molar-refractivity contribution < 1.29 is 5.11 Å². The Kier molecular flexibility index (Phi) is 8.58. The van der Waals surface area contributed by atoms with E-state index in [1.165, 1.54) is 0 Å². The van der Waals surface area contributed by atoms with Gasteiger partial charge in [-0.3, -0.25) is 0 Å². The maximum Gasteiger partial charge on any atom is 0.0942 e. The summed E-state index contributed by atoms with van der Waals surface area (Å²) in [6, 6.07) is 10.1. The third kappa shape index (κ3) is 7.60. The molecule has 3 heteroatoms. The van der Waals surface area contributed by atoms with Gasteiger partial charge in [-0.15, -0.1) is 0 Å². The molecule has 0 radical (unpaired) electrons. The van der Waals surface area contributed by atoms with Crippen LogP contribution in [-0.2, 0) is 0 Å². The molecule has 0 aromatic heterocycles. The zero-order valence-corrected chi connectivity index (χ0v) is 14.0. The molecule has 0 saturated carbocycles. The van der Waals surface area contributed by atoms with Crippen LogP contribution in [-0.4, -0.2) is 43.2 Å². The van der Waals surface area contributed by atoms with Crippen LogP contribution >= 0.6 is 0 Å². The van der Waals surface area contributed by atoms with Crippen molar-refractivity contribution in [1.29, 1.82) is 0 Å². The molecule has 2 N–H and O–H groups in total. The number of nitrogens with one attached hydrogen (secondary N) is 1. The van der Waals surface area contributed by atoms with E-state index in [0.717, 1.165) is 37.9 Å². The van der Waals surface area contributed by atoms with Crippen molar-refractivity contribution in [1.82, 2.24) is 10.2 Å². The number of nitrogens with zero attached hydrogens (tertiary/aromatic N) is 1. The molecule has 1 rings (SSSR count). The van der Waals surface area contributed by atoms with E-state index in [0.29, 0.717) is 5.92 Å². The fraction of sp³-hybridized carbons (Fsp3) is 0.667. The fourth-order valence-corrected chi connectivity index (χ4v) is 2.45. The van der Waals surface area contributed by atoms with Crippen molar-refractivity contribution >= 4 is 0 Å². The van der Waals surface area contributed by atoms with Gasteiger partial charge in [0, 0.05) is 6.04 Å². The van der Waals surface area contributed by atoms with Crippen LogP contribution in [0.1, 0.15) is 44.8 Å². The summed E-state index contributed by atoms with van der Waals surface area (Å²) in [6.07, 6.45) is 2.82. The Balaban J connectivity index is 2.54. The molecule has 120 valence electrons. The van der Waals surface area contributed by atoms with Gasteiger partial charge in [0.15, 0.2) is 0 Å². The van der Waals surface area contributed by atoms with E-state index in [1.807, 2.05) is 30.3 Å². The Bertz CT molecular complexity index is 365. The standard InChI is InChI=1S/C18H32N2O/c1-15(2)11-12-17(19-13-8-14-20(3)4)18(21)16-9-6-5-7-10-16/h5-7,9-10,15,17-19,21H,8,11-14H2,1-4H3. The second-order valence-electron chi connectivity index (χ2n) is 6.54. The van der Waals surface area contributed by atoms with Gasteiger partial charge in [0.05, 0.1) is 6.10 Å². The Morgan fingerprint density at radius 3 is 2.33 bits per heavy atom. The first-order valence-electron chi connectivity index (χ1n) is 8.11. The molecule has 0 bridgehead atoms. The molecule has 0 fully saturated rings.